The normalized spacial score (nSPS) is 28.4. The van der Waals surface area contributed by atoms with Crippen LogP contribution in [-0.4, -0.2) is 0 Å². The first-order chi connectivity index (χ1) is 8.88. The number of benzene rings is 1. The summed E-state index contributed by atoms with van der Waals surface area (Å²) in [6, 6.07) is 9.03. The summed E-state index contributed by atoms with van der Waals surface area (Å²) in [5.41, 5.74) is 9.78. The molecular weight excluding hydrogens is 230 g/mol. The fraction of sp³-hybridized carbons (Fsp3) is 0.667. The van der Waals surface area contributed by atoms with Crippen molar-refractivity contribution in [1.29, 1.82) is 0 Å². The van der Waals surface area contributed by atoms with E-state index in [1.165, 1.54) is 30.4 Å². The lowest BCUT2D eigenvalue weighted by Crippen LogP contribution is -2.51. The van der Waals surface area contributed by atoms with Crippen LogP contribution in [0.1, 0.15) is 64.5 Å². The largest absolute Gasteiger partial charge is 0.321 e. The molecule has 0 saturated heterocycles. The van der Waals surface area contributed by atoms with E-state index in [1.54, 1.807) is 0 Å². The van der Waals surface area contributed by atoms with Crippen LogP contribution in [0.25, 0.3) is 0 Å². The molecule has 0 aromatic heterocycles. The maximum absolute atomic E-state index is 6.90. The summed E-state index contributed by atoms with van der Waals surface area (Å²) in [5.74, 6) is 0.571. The van der Waals surface area contributed by atoms with Crippen molar-refractivity contribution in [3.8, 4) is 0 Å². The Morgan fingerprint density at radius 2 is 1.79 bits per heavy atom. The van der Waals surface area contributed by atoms with Crippen molar-refractivity contribution >= 4 is 0 Å². The van der Waals surface area contributed by atoms with Crippen molar-refractivity contribution in [1.82, 2.24) is 0 Å². The van der Waals surface area contributed by atoms with Crippen molar-refractivity contribution in [2.75, 3.05) is 0 Å². The van der Waals surface area contributed by atoms with Gasteiger partial charge in [-0.15, -0.1) is 0 Å². The van der Waals surface area contributed by atoms with E-state index in [2.05, 4.69) is 52.0 Å². The van der Waals surface area contributed by atoms with Crippen molar-refractivity contribution in [3.63, 3.8) is 0 Å². The van der Waals surface area contributed by atoms with Crippen LogP contribution in [0.4, 0.5) is 0 Å². The van der Waals surface area contributed by atoms with E-state index in [0.717, 1.165) is 12.8 Å². The molecule has 2 N–H and O–H groups in total. The van der Waals surface area contributed by atoms with Gasteiger partial charge in [-0.1, -0.05) is 64.8 Å². The van der Waals surface area contributed by atoms with Gasteiger partial charge in [0.1, 0.15) is 0 Å². The maximum Gasteiger partial charge on any atom is 0.0443 e. The summed E-state index contributed by atoms with van der Waals surface area (Å²) < 4.78 is 0. The van der Waals surface area contributed by atoms with Crippen LogP contribution in [0.15, 0.2) is 24.3 Å². The second-order valence-electron chi connectivity index (χ2n) is 7.26. The summed E-state index contributed by atoms with van der Waals surface area (Å²) in [6.07, 6.45) is 6.07. The van der Waals surface area contributed by atoms with Crippen LogP contribution in [0.5, 0.6) is 0 Å². The van der Waals surface area contributed by atoms with Crippen molar-refractivity contribution in [3.05, 3.63) is 35.4 Å². The van der Waals surface area contributed by atoms with E-state index in [9.17, 15) is 0 Å². The molecule has 19 heavy (non-hydrogen) atoms. The molecule has 1 saturated carbocycles. The molecule has 1 heteroatoms. The highest BCUT2D eigenvalue weighted by atomic mass is 14.8. The van der Waals surface area contributed by atoms with Crippen LogP contribution in [0, 0.1) is 11.3 Å². The van der Waals surface area contributed by atoms with Gasteiger partial charge in [0, 0.05) is 5.54 Å². The van der Waals surface area contributed by atoms with Gasteiger partial charge >= 0.3 is 0 Å². The Morgan fingerprint density at radius 3 is 2.32 bits per heavy atom. The second-order valence-corrected chi connectivity index (χ2v) is 7.26. The average Bonchev–Trinajstić information content (AvgIpc) is 2.38. The Morgan fingerprint density at radius 1 is 1.16 bits per heavy atom. The number of rotatable bonds is 2. The van der Waals surface area contributed by atoms with Gasteiger partial charge in [0.05, 0.1) is 0 Å². The molecule has 1 nitrogen and oxygen atoms in total. The molecular formula is C18H29N. The Balaban J connectivity index is 2.36. The zero-order valence-electron chi connectivity index (χ0n) is 13.0. The lowest BCUT2D eigenvalue weighted by atomic mass is 9.60. The van der Waals surface area contributed by atoms with E-state index >= 15 is 0 Å². The van der Waals surface area contributed by atoms with Crippen LogP contribution in [0.2, 0.25) is 0 Å². The minimum absolute atomic E-state index is 0.136. The SMILES string of the molecule is CCc1ccc(C2(N)CCCCC2C(C)(C)C)cc1. The highest BCUT2D eigenvalue weighted by Crippen LogP contribution is 2.48. The van der Waals surface area contributed by atoms with Crippen molar-refractivity contribution < 1.29 is 0 Å². The Labute approximate surface area is 118 Å². The van der Waals surface area contributed by atoms with Gasteiger partial charge in [-0.2, -0.15) is 0 Å². The minimum Gasteiger partial charge on any atom is -0.321 e. The van der Waals surface area contributed by atoms with E-state index in [-0.39, 0.29) is 11.0 Å². The number of nitrogens with two attached hydrogens (primary N) is 1. The minimum atomic E-state index is -0.136. The summed E-state index contributed by atoms with van der Waals surface area (Å²) in [7, 11) is 0. The zero-order valence-corrected chi connectivity index (χ0v) is 13.0. The van der Waals surface area contributed by atoms with Crippen molar-refractivity contribution in [2.45, 2.75) is 65.3 Å². The third kappa shape index (κ3) is 2.86. The van der Waals surface area contributed by atoms with Crippen LogP contribution in [-0.2, 0) is 12.0 Å². The smallest absolute Gasteiger partial charge is 0.0443 e. The van der Waals surface area contributed by atoms with Crippen LogP contribution >= 0.6 is 0 Å². The van der Waals surface area contributed by atoms with Gasteiger partial charge in [0.15, 0.2) is 0 Å². The molecule has 1 aromatic rings. The maximum atomic E-state index is 6.90. The summed E-state index contributed by atoms with van der Waals surface area (Å²) in [5, 5.41) is 0. The molecule has 0 spiro atoms. The molecule has 0 amide bonds. The molecule has 106 valence electrons. The van der Waals surface area contributed by atoms with E-state index in [4.69, 9.17) is 5.73 Å². The fourth-order valence-corrected chi connectivity index (χ4v) is 3.80. The highest BCUT2D eigenvalue weighted by molar-refractivity contribution is 5.30. The Hall–Kier alpha value is -0.820. The molecule has 1 aromatic carbocycles. The van der Waals surface area contributed by atoms with Gasteiger partial charge in [0.25, 0.3) is 0 Å². The van der Waals surface area contributed by atoms with Crippen LogP contribution < -0.4 is 5.73 Å². The fourth-order valence-electron chi connectivity index (χ4n) is 3.80. The Kier molecular flexibility index (Phi) is 4.06. The number of hydrogen-bond acceptors (Lipinski definition) is 1. The van der Waals surface area contributed by atoms with Gasteiger partial charge in [0.2, 0.25) is 0 Å². The molecule has 0 radical (unpaired) electrons. The Bertz CT molecular complexity index is 412. The number of aryl methyl sites for hydroxylation is 1. The standard InChI is InChI=1S/C18H29N/c1-5-14-9-11-15(12-10-14)18(19)13-7-6-8-16(18)17(2,3)4/h9-12,16H,5-8,13,19H2,1-4H3. The van der Waals surface area contributed by atoms with Crippen molar-refractivity contribution in [2.24, 2.45) is 17.1 Å². The first kappa shape index (κ1) is 14.6. The number of hydrogen-bond donors (Lipinski definition) is 1. The molecule has 2 unspecified atom stereocenters. The van der Waals surface area contributed by atoms with Gasteiger partial charge in [-0.3, -0.25) is 0 Å². The summed E-state index contributed by atoms with van der Waals surface area (Å²) >= 11 is 0. The summed E-state index contributed by atoms with van der Waals surface area (Å²) in [4.78, 5) is 0. The molecule has 1 fully saturated rings. The quantitative estimate of drug-likeness (QED) is 0.822. The highest BCUT2D eigenvalue weighted by Gasteiger charge is 2.44. The zero-order chi connectivity index (χ0) is 14.1. The predicted molar refractivity (Wildman–Crippen MR) is 83.1 cm³/mol. The predicted octanol–water partition coefficient (Wildman–Crippen LogP) is 4.64. The average molecular weight is 259 g/mol. The van der Waals surface area contributed by atoms with E-state index in [0.29, 0.717) is 5.92 Å². The molecule has 1 aliphatic rings. The third-order valence-electron chi connectivity index (χ3n) is 4.90. The van der Waals surface area contributed by atoms with Gasteiger partial charge in [-0.25, -0.2) is 0 Å². The third-order valence-corrected chi connectivity index (χ3v) is 4.90. The van der Waals surface area contributed by atoms with Gasteiger partial charge in [-0.05, 0) is 41.7 Å². The molecule has 0 heterocycles. The van der Waals surface area contributed by atoms with Crippen LogP contribution in [0.3, 0.4) is 0 Å². The molecule has 2 atom stereocenters. The molecule has 1 aliphatic carbocycles. The monoisotopic (exact) mass is 259 g/mol. The first-order valence-corrected chi connectivity index (χ1v) is 7.76. The molecule has 0 aliphatic heterocycles. The van der Waals surface area contributed by atoms with Gasteiger partial charge < -0.3 is 5.73 Å². The first-order valence-electron chi connectivity index (χ1n) is 7.76. The van der Waals surface area contributed by atoms with E-state index in [1.807, 2.05) is 0 Å². The van der Waals surface area contributed by atoms with E-state index < -0.39 is 0 Å². The second kappa shape index (κ2) is 5.28. The summed E-state index contributed by atoms with van der Waals surface area (Å²) in [6.45, 7) is 9.22. The molecule has 2 rings (SSSR count). The molecule has 0 bridgehead atoms. The lowest BCUT2D eigenvalue weighted by molar-refractivity contribution is 0.0778. The topological polar surface area (TPSA) is 26.0 Å². The lowest BCUT2D eigenvalue weighted by Gasteiger charge is -2.48.